The van der Waals surface area contributed by atoms with Crippen molar-refractivity contribution >= 4 is 0 Å². The summed E-state index contributed by atoms with van der Waals surface area (Å²) in [5.41, 5.74) is 9.82. The zero-order chi connectivity index (χ0) is 12.0. The minimum atomic E-state index is -1.50. The van der Waals surface area contributed by atoms with Gasteiger partial charge >= 0.3 is 0 Å². The summed E-state index contributed by atoms with van der Waals surface area (Å²) in [6, 6.07) is 0. The molecule has 0 aliphatic heterocycles. The molecular weight excluding hydrogens is 190 g/mol. The Morgan fingerprint density at radius 3 is 1.36 bits per heavy atom. The number of rotatable bonds is 2. The van der Waals surface area contributed by atoms with Crippen LogP contribution in [0.5, 0.6) is 0 Å². The first-order valence-electron chi connectivity index (χ1n) is 3.79. The lowest BCUT2D eigenvalue weighted by Gasteiger charge is -2.15. The third kappa shape index (κ3) is 31.0. The van der Waals surface area contributed by atoms with E-state index in [0.717, 1.165) is 0 Å². The molecule has 8 heteroatoms. The van der Waals surface area contributed by atoms with Crippen LogP contribution in [0.15, 0.2) is 10.2 Å². The van der Waals surface area contributed by atoms with Crippen LogP contribution in [-0.4, -0.2) is 21.6 Å². The standard InChI is InChI=1S/C6H16N4.HNO3/c1-5(2,7)9-10-6(3,4)8;2-1(3)4/h7-8H2,1-4H3;(H,2,3,4)/b10-9+;. The molecule has 0 fully saturated rings. The van der Waals surface area contributed by atoms with Gasteiger partial charge in [-0.15, -0.1) is 10.1 Å². The Balaban J connectivity index is 0. The quantitative estimate of drug-likeness (QED) is 0.343. The summed E-state index contributed by atoms with van der Waals surface area (Å²) in [4.78, 5) is 8.36. The van der Waals surface area contributed by atoms with Gasteiger partial charge in [0, 0.05) is 0 Å². The van der Waals surface area contributed by atoms with Gasteiger partial charge in [0.15, 0.2) is 0 Å². The van der Waals surface area contributed by atoms with Gasteiger partial charge in [0.25, 0.3) is 5.09 Å². The van der Waals surface area contributed by atoms with Gasteiger partial charge in [0.05, 0.1) is 0 Å². The second-order valence-electron chi connectivity index (χ2n) is 3.75. The van der Waals surface area contributed by atoms with E-state index in [1.54, 1.807) is 27.7 Å². The van der Waals surface area contributed by atoms with Crippen molar-refractivity contribution < 1.29 is 10.3 Å². The lowest BCUT2D eigenvalue weighted by Crippen LogP contribution is -2.33. The van der Waals surface area contributed by atoms with Crippen LogP contribution in [0.1, 0.15) is 27.7 Å². The highest BCUT2D eigenvalue weighted by molar-refractivity contribution is 4.70. The molecule has 0 heterocycles. The van der Waals surface area contributed by atoms with Crippen molar-refractivity contribution in [2.75, 3.05) is 0 Å². The van der Waals surface area contributed by atoms with Crippen molar-refractivity contribution in [3.8, 4) is 0 Å². The first-order valence-corrected chi connectivity index (χ1v) is 3.79. The molecule has 0 aromatic heterocycles. The third-order valence-electron chi connectivity index (χ3n) is 0.565. The molecule has 14 heavy (non-hydrogen) atoms. The molecule has 5 N–H and O–H groups in total. The fourth-order valence-corrected chi connectivity index (χ4v) is 0.258. The summed E-state index contributed by atoms with van der Waals surface area (Å²) in [6.07, 6.45) is 0. The van der Waals surface area contributed by atoms with Gasteiger partial charge in [0.1, 0.15) is 11.3 Å². The van der Waals surface area contributed by atoms with Crippen molar-refractivity contribution in [2.45, 2.75) is 39.0 Å². The van der Waals surface area contributed by atoms with Crippen LogP contribution in [-0.2, 0) is 0 Å². The van der Waals surface area contributed by atoms with Crippen LogP contribution >= 0.6 is 0 Å². The molecule has 0 aromatic carbocycles. The molecule has 84 valence electrons. The minimum absolute atomic E-state index is 0.614. The van der Waals surface area contributed by atoms with E-state index in [0.29, 0.717) is 0 Å². The Hall–Kier alpha value is -1.28. The van der Waals surface area contributed by atoms with E-state index in [2.05, 4.69) is 10.2 Å². The van der Waals surface area contributed by atoms with Gasteiger partial charge in [-0.05, 0) is 27.7 Å². The van der Waals surface area contributed by atoms with E-state index >= 15 is 0 Å². The number of azo groups is 1. The highest BCUT2D eigenvalue weighted by atomic mass is 16.9. The van der Waals surface area contributed by atoms with Crippen molar-refractivity contribution in [1.29, 1.82) is 0 Å². The van der Waals surface area contributed by atoms with Gasteiger partial charge < -0.3 is 16.7 Å². The zero-order valence-corrected chi connectivity index (χ0v) is 8.76. The van der Waals surface area contributed by atoms with Crippen molar-refractivity contribution in [3.63, 3.8) is 0 Å². The zero-order valence-electron chi connectivity index (χ0n) is 8.76. The van der Waals surface area contributed by atoms with E-state index < -0.39 is 16.4 Å². The summed E-state index contributed by atoms with van der Waals surface area (Å²) in [5, 5.41) is 21.2. The average Bonchev–Trinajstić information content (AvgIpc) is 1.79. The summed E-state index contributed by atoms with van der Waals surface area (Å²) < 4.78 is 0. The maximum absolute atomic E-state index is 8.36. The van der Waals surface area contributed by atoms with Crippen LogP contribution in [0, 0.1) is 10.1 Å². The Morgan fingerprint density at radius 2 is 1.29 bits per heavy atom. The van der Waals surface area contributed by atoms with Gasteiger partial charge in [-0.3, -0.25) is 0 Å². The van der Waals surface area contributed by atoms with E-state index in [1.807, 2.05) is 0 Å². The second-order valence-corrected chi connectivity index (χ2v) is 3.75. The monoisotopic (exact) mass is 207 g/mol. The Labute approximate surface area is 82.1 Å². The molecule has 0 atom stereocenters. The Bertz CT molecular complexity index is 182. The van der Waals surface area contributed by atoms with Crippen molar-refractivity contribution in [2.24, 2.45) is 21.7 Å². The van der Waals surface area contributed by atoms with E-state index in [-0.39, 0.29) is 0 Å². The molecule has 0 aromatic rings. The molecule has 0 rings (SSSR count). The second kappa shape index (κ2) is 5.45. The largest absolute Gasteiger partial charge is 0.328 e. The van der Waals surface area contributed by atoms with Crippen molar-refractivity contribution in [1.82, 2.24) is 0 Å². The Morgan fingerprint density at radius 1 is 1.14 bits per heavy atom. The molecule has 0 aliphatic rings. The van der Waals surface area contributed by atoms with Crippen LogP contribution in [0.4, 0.5) is 0 Å². The smallest absolute Gasteiger partial charge is 0.291 e. The SMILES string of the molecule is CC(C)(N)/N=N/C(C)(C)N.O=[N+]([O-])O. The van der Waals surface area contributed by atoms with Crippen LogP contribution < -0.4 is 11.5 Å². The van der Waals surface area contributed by atoms with Gasteiger partial charge in [0.2, 0.25) is 0 Å². The maximum Gasteiger partial charge on any atom is 0.291 e. The predicted octanol–water partition coefficient (Wildman–Crippen LogP) is 0.481. The molecule has 0 saturated carbocycles. The fourth-order valence-electron chi connectivity index (χ4n) is 0.258. The number of nitrogens with two attached hydrogens (primary N) is 2. The van der Waals surface area contributed by atoms with Crippen LogP contribution in [0.2, 0.25) is 0 Å². The first-order chi connectivity index (χ1) is 5.94. The number of hydrogen-bond donors (Lipinski definition) is 3. The Kier molecular flexibility index (Phi) is 5.92. The van der Waals surface area contributed by atoms with Gasteiger partial charge in [-0.25, -0.2) is 0 Å². The van der Waals surface area contributed by atoms with E-state index in [9.17, 15) is 0 Å². The normalized spacial score (nSPS) is 12.1. The van der Waals surface area contributed by atoms with E-state index in [1.165, 1.54) is 0 Å². The van der Waals surface area contributed by atoms with Crippen LogP contribution in [0.3, 0.4) is 0 Å². The topological polar surface area (TPSA) is 140 Å². The summed E-state index contributed by atoms with van der Waals surface area (Å²) in [5.74, 6) is 0. The summed E-state index contributed by atoms with van der Waals surface area (Å²) in [7, 11) is 0. The number of nitrogens with zero attached hydrogens (tertiary/aromatic N) is 3. The minimum Gasteiger partial charge on any atom is -0.328 e. The fraction of sp³-hybridized carbons (Fsp3) is 1.00. The highest BCUT2D eigenvalue weighted by Crippen LogP contribution is 2.05. The molecule has 0 aliphatic carbocycles. The van der Waals surface area contributed by atoms with Crippen LogP contribution in [0.25, 0.3) is 0 Å². The molecule has 8 nitrogen and oxygen atoms in total. The molecular formula is C6H17N5O3. The highest BCUT2D eigenvalue weighted by Gasteiger charge is 2.12. The number of hydrogen-bond acceptors (Lipinski definition) is 6. The van der Waals surface area contributed by atoms with Gasteiger partial charge in [-0.2, -0.15) is 10.2 Å². The molecule has 0 bridgehead atoms. The van der Waals surface area contributed by atoms with Gasteiger partial charge in [-0.1, -0.05) is 0 Å². The molecule has 0 unspecified atom stereocenters. The average molecular weight is 207 g/mol. The predicted molar refractivity (Wildman–Crippen MR) is 50.2 cm³/mol. The van der Waals surface area contributed by atoms with Crippen molar-refractivity contribution in [3.05, 3.63) is 10.1 Å². The molecule has 0 radical (unpaired) electrons. The maximum atomic E-state index is 8.36. The molecule has 0 amide bonds. The summed E-state index contributed by atoms with van der Waals surface area (Å²) >= 11 is 0. The lowest BCUT2D eigenvalue weighted by molar-refractivity contribution is -0.742. The molecule has 0 saturated heterocycles. The summed E-state index contributed by atoms with van der Waals surface area (Å²) in [6.45, 7) is 7.06. The van der Waals surface area contributed by atoms with E-state index in [4.69, 9.17) is 26.8 Å². The molecule has 0 spiro atoms. The third-order valence-corrected chi connectivity index (χ3v) is 0.565. The first kappa shape index (κ1) is 15.2. The lowest BCUT2D eigenvalue weighted by atomic mass is 10.3.